The zero-order valence-corrected chi connectivity index (χ0v) is 14.8. The molecule has 0 radical (unpaired) electrons. The molecule has 0 spiro atoms. The Kier molecular flexibility index (Phi) is 4.85. The summed E-state index contributed by atoms with van der Waals surface area (Å²) in [6.45, 7) is 3.73. The maximum Gasteiger partial charge on any atom is 0.340 e. The second-order valence-corrected chi connectivity index (χ2v) is 5.70. The highest BCUT2D eigenvalue weighted by atomic mass is 16.5. The van der Waals surface area contributed by atoms with E-state index in [1.165, 1.54) is 4.57 Å². The second kappa shape index (κ2) is 7.23. The number of nitrogens with one attached hydrogen (secondary N) is 1. The van der Waals surface area contributed by atoms with E-state index in [0.717, 1.165) is 0 Å². The normalized spacial score (nSPS) is 10.4. The molecule has 0 atom stereocenters. The van der Waals surface area contributed by atoms with Crippen molar-refractivity contribution in [2.24, 2.45) is 7.05 Å². The molecule has 0 saturated heterocycles. The Hall–Kier alpha value is -3.40. The highest BCUT2D eigenvalue weighted by Gasteiger charge is 2.21. The summed E-state index contributed by atoms with van der Waals surface area (Å²) < 4.78 is 6.58. The van der Waals surface area contributed by atoms with E-state index < -0.39 is 5.97 Å². The first-order chi connectivity index (χ1) is 12.5. The van der Waals surface area contributed by atoms with Gasteiger partial charge in [-0.15, -0.1) is 0 Å². The summed E-state index contributed by atoms with van der Waals surface area (Å²) in [5.74, 6) is 6.18. The zero-order valence-electron chi connectivity index (χ0n) is 14.8. The van der Waals surface area contributed by atoms with Crippen molar-refractivity contribution in [3.63, 3.8) is 0 Å². The standard InChI is InChI=1S/C19H18N4O3/c1-4-26-19(25)15-12(2)22-17-16(15)13(11-23(3)18(17)24)7-5-8-14-20-9-6-10-21-14/h6,9-11,22H,4,8H2,1-3H3. The monoisotopic (exact) mass is 350 g/mol. The number of nitrogens with zero attached hydrogens (tertiary/aromatic N) is 3. The van der Waals surface area contributed by atoms with Gasteiger partial charge in [0.25, 0.3) is 5.56 Å². The molecule has 0 fully saturated rings. The van der Waals surface area contributed by atoms with Crippen molar-refractivity contribution >= 4 is 16.9 Å². The van der Waals surface area contributed by atoms with Crippen LogP contribution in [0.25, 0.3) is 10.9 Å². The third-order valence-corrected chi connectivity index (χ3v) is 3.88. The lowest BCUT2D eigenvalue weighted by atomic mass is 10.1. The van der Waals surface area contributed by atoms with Crippen molar-refractivity contribution in [1.29, 1.82) is 0 Å². The molecule has 0 saturated carbocycles. The first kappa shape index (κ1) is 17.4. The van der Waals surface area contributed by atoms with E-state index in [-0.39, 0.29) is 12.2 Å². The van der Waals surface area contributed by atoms with Gasteiger partial charge in [0.1, 0.15) is 11.3 Å². The average Bonchev–Trinajstić information content (AvgIpc) is 2.98. The summed E-state index contributed by atoms with van der Waals surface area (Å²) in [5.41, 5.74) is 1.62. The van der Waals surface area contributed by atoms with Crippen molar-refractivity contribution in [2.75, 3.05) is 6.61 Å². The molecule has 0 bridgehead atoms. The Balaban J connectivity index is 2.14. The van der Waals surface area contributed by atoms with Crippen LogP contribution in [-0.4, -0.2) is 32.1 Å². The molecule has 0 amide bonds. The number of rotatable bonds is 3. The number of carbonyl (C=O) groups is 1. The molecular weight excluding hydrogens is 332 g/mol. The van der Waals surface area contributed by atoms with Gasteiger partial charge in [0.2, 0.25) is 0 Å². The summed E-state index contributed by atoms with van der Waals surface area (Å²) >= 11 is 0. The Labute approximate surface area is 150 Å². The van der Waals surface area contributed by atoms with Gasteiger partial charge < -0.3 is 14.3 Å². The first-order valence-corrected chi connectivity index (χ1v) is 8.16. The molecule has 26 heavy (non-hydrogen) atoms. The molecule has 7 nitrogen and oxygen atoms in total. The molecule has 3 aromatic rings. The SMILES string of the molecule is CCOC(=O)c1c(C)[nH]c2c(=O)n(C)cc(C#CCc3ncccn3)c12. The fraction of sp³-hybridized carbons (Fsp3) is 0.263. The van der Waals surface area contributed by atoms with E-state index in [4.69, 9.17) is 4.74 Å². The third kappa shape index (κ3) is 3.22. The Morgan fingerprint density at radius 2 is 2.08 bits per heavy atom. The Morgan fingerprint density at radius 1 is 1.35 bits per heavy atom. The number of fused-ring (bicyclic) bond motifs is 1. The number of aryl methyl sites for hydroxylation is 2. The summed E-state index contributed by atoms with van der Waals surface area (Å²) in [4.78, 5) is 36.1. The number of carbonyl (C=O) groups excluding carboxylic acids is 1. The van der Waals surface area contributed by atoms with Gasteiger partial charge in [0.15, 0.2) is 0 Å². The van der Waals surface area contributed by atoms with Crippen LogP contribution >= 0.6 is 0 Å². The first-order valence-electron chi connectivity index (χ1n) is 8.16. The highest BCUT2D eigenvalue weighted by Crippen LogP contribution is 2.24. The van der Waals surface area contributed by atoms with Crippen molar-refractivity contribution < 1.29 is 9.53 Å². The van der Waals surface area contributed by atoms with Crippen LogP contribution < -0.4 is 5.56 Å². The van der Waals surface area contributed by atoms with E-state index in [1.54, 1.807) is 45.6 Å². The van der Waals surface area contributed by atoms with E-state index in [9.17, 15) is 9.59 Å². The second-order valence-electron chi connectivity index (χ2n) is 5.70. The molecule has 1 N–H and O–H groups in total. The van der Waals surface area contributed by atoms with Gasteiger partial charge in [-0.3, -0.25) is 4.79 Å². The number of hydrogen-bond donors (Lipinski definition) is 1. The molecule has 0 unspecified atom stereocenters. The molecule has 3 heterocycles. The Bertz CT molecular complexity index is 1090. The lowest BCUT2D eigenvalue weighted by Gasteiger charge is -2.04. The molecule has 3 aromatic heterocycles. The fourth-order valence-corrected chi connectivity index (χ4v) is 2.74. The van der Waals surface area contributed by atoms with Gasteiger partial charge in [-0.05, 0) is 19.9 Å². The van der Waals surface area contributed by atoms with E-state index in [1.807, 2.05) is 0 Å². The molecule has 0 aromatic carbocycles. The quantitative estimate of drug-likeness (QED) is 0.574. The molecule has 0 aliphatic heterocycles. The van der Waals surface area contributed by atoms with Crippen molar-refractivity contribution in [1.82, 2.24) is 19.5 Å². The number of hydrogen-bond acceptors (Lipinski definition) is 5. The van der Waals surface area contributed by atoms with Gasteiger partial charge in [0, 0.05) is 36.7 Å². The van der Waals surface area contributed by atoms with Gasteiger partial charge in [-0.25, -0.2) is 14.8 Å². The predicted octanol–water partition coefficient (Wildman–Crippen LogP) is 1.74. The van der Waals surface area contributed by atoms with Crippen molar-refractivity contribution in [3.8, 4) is 11.8 Å². The Morgan fingerprint density at radius 3 is 2.77 bits per heavy atom. The lowest BCUT2D eigenvalue weighted by Crippen LogP contribution is -2.17. The minimum absolute atomic E-state index is 0.226. The van der Waals surface area contributed by atoms with E-state index in [0.29, 0.717) is 40.0 Å². The maximum absolute atomic E-state index is 12.4. The highest BCUT2D eigenvalue weighted by molar-refractivity contribution is 6.07. The van der Waals surface area contributed by atoms with E-state index in [2.05, 4.69) is 26.8 Å². The minimum Gasteiger partial charge on any atom is -0.462 e. The molecule has 0 aliphatic carbocycles. The lowest BCUT2D eigenvalue weighted by molar-refractivity contribution is 0.0528. The van der Waals surface area contributed by atoms with Crippen LogP contribution in [0.4, 0.5) is 0 Å². The summed E-state index contributed by atoms with van der Waals surface area (Å²) in [7, 11) is 1.65. The maximum atomic E-state index is 12.4. The van der Waals surface area contributed by atoms with Crippen molar-refractivity contribution in [2.45, 2.75) is 20.3 Å². The van der Waals surface area contributed by atoms with Gasteiger partial charge in [-0.1, -0.05) is 11.8 Å². The van der Waals surface area contributed by atoms with Gasteiger partial charge in [-0.2, -0.15) is 0 Å². The third-order valence-electron chi connectivity index (χ3n) is 3.88. The molecular formula is C19H18N4O3. The van der Waals surface area contributed by atoms with Crippen LogP contribution in [-0.2, 0) is 18.2 Å². The molecule has 3 rings (SSSR count). The average molecular weight is 350 g/mol. The number of esters is 1. The number of H-pyrrole nitrogens is 1. The molecule has 7 heteroatoms. The topological polar surface area (TPSA) is 89.9 Å². The van der Waals surface area contributed by atoms with Crippen LogP contribution in [0.3, 0.4) is 0 Å². The number of pyridine rings is 1. The van der Waals surface area contributed by atoms with Crippen LogP contribution in [0.1, 0.15) is 34.4 Å². The summed E-state index contributed by atoms with van der Waals surface area (Å²) in [5, 5.41) is 0.491. The fourth-order valence-electron chi connectivity index (χ4n) is 2.74. The summed E-state index contributed by atoms with van der Waals surface area (Å²) in [6, 6.07) is 1.74. The number of aromatic nitrogens is 4. The van der Waals surface area contributed by atoms with Crippen LogP contribution in [0.5, 0.6) is 0 Å². The van der Waals surface area contributed by atoms with Crippen molar-refractivity contribution in [3.05, 3.63) is 57.7 Å². The minimum atomic E-state index is -0.473. The number of aromatic amines is 1. The van der Waals surface area contributed by atoms with E-state index >= 15 is 0 Å². The van der Waals surface area contributed by atoms with Crippen LogP contribution in [0, 0.1) is 18.8 Å². The van der Waals surface area contributed by atoms with Gasteiger partial charge >= 0.3 is 5.97 Å². The molecule has 0 aliphatic rings. The van der Waals surface area contributed by atoms with Gasteiger partial charge in [0.05, 0.1) is 24.2 Å². The largest absolute Gasteiger partial charge is 0.462 e. The predicted molar refractivity (Wildman–Crippen MR) is 96.8 cm³/mol. The summed E-state index contributed by atoms with van der Waals surface area (Å²) in [6.07, 6.45) is 5.30. The zero-order chi connectivity index (χ0) is 18.7. The smallest absolute Gasteiger partial charge is 0.340 e. The van der Waals surface area contributed by atoms with Crippen LogP contribution in [0.2, 0.25) is 0 Å². The molecule has 132 valence electrons. The number of ether oxygens (including phenoxy) is 1. The van der Waals surface area contributed by atoms with Crippen LogP contribution in [0.15, 0.2) is 29.5 Å².